The third-order valence-electron chi connectivity index (χ3n) is 5.90. The van der Waals surface area contributed by atoms with Gasteiger partial charge in [0.05, 0.1) is 11.8 Å². The summed E-state index contributed by atoms with van der Waals surface area (Å²) in [5.74, 6) is -0.191. The molecule has 31 heavy (non-hydrogen) atoms. The van der Waals surface area contributed by atoms with E-state index in [4.69, 9.17) is 0 Å². The molecule has 1 saturated heterocycles. The van der Waals surface area contributed by atoms with Gasteiger partial charge >= 0.3 is 0 Å². The molecule has 0 aliphatic carbocycles. The summed E-state index contributed by atoms with van der Waals surface area (Å²) in [4.78, 5) is 12.7. The van der Waals surface area contributed by atoms with Crippen LogP contribution in [0.3, 0.4) is 0 Å². The van der Waals surface area contributed by atoms with E-state index in [1.807, 2.05) is 6.92 Å². The van der Waals surface area contributed by atoms with E-state index in [0.29, 0.717) is 24.2 Å². The molecule has 1 amide bonds. The Morgan fingerprint density at radius 3 is 2.10 bits per heavy atom. The molecule has 1 atom stereocenters. The SMILES string of the molecule is C[C@H](NC(=O)c1ccc(CS(=O)(=O)N2CCCCC2)cc1)c1ccc(C(C)(C)C)cc1. The molecule has 2 aromatic carbocycles. The van der Waals surface area contributed by atoms with Crippen molar-refractivity contribution in [2.75, 3.05) is 13.1 Å². The lowest BCUT2D eigenvalue weighted by Crippen LogP contribution is -2.36. The van der Waals surface area contributed by atoms with E-state index < -0.39 is 10.0 Å². The topological polar surface area (TPSA) is 66.5 Å². The Kier molecular flexibility index (Phi) is 7.22. The first kappa shape index (κ1) is 23.5. The fraction of sp³-hybridized carbons (Fsp3) is 0.480. The fourth-order valence-electron chi connectivity index (χ4n) is 3.83. The van der Waals surface area contributed by atoms with Crippen molar-refractivity contribution in [2.45, 2.75) is 64.2 Å². The van der Waals surface area contributed by atoms with Gasteiger partial charge in [0.15, 0.2) is 0 Å². The van der Waals surface area contributed by atoms with Crippen LogP contribution < -0.4 is 5.32 Å². The Hall–Kier alpha value is -2.18. The zero-order valence-corrected chi connectivity index (χ0v) is 19.8. The maximum absolute atomic E-state index is 12.7. The summed E-state index contributed by atoms with van der Waals surface area (Å²) in [5, 5.41) is 3.02. The van der Waals surface area contributed by atoms with Gasteiger partial charge < -0.3 is 5.32 Å². The Balaban J connectivity index is 1.61. The highest BCUT2D eigenvalue weighted by Gasteiger charge is 2.24. The predicted molar refractivity (Wildman–Crippen MR) is 126 cm³/mol. The van der Waals surface area contributed by atoms with Gasteiger partial charge in [-0.05, 0) is 54.0 Å². The van der Waals surface area contributed by atoms with Crippen molar-refractivity contribution in [3.8, 4) is 0 Å². The zero-order valence-electron chi connectivity index (χ0n) is 19.0. The molecule has 0 unspecified atom stereocenters. The summed E-state index contributed by atoms with van der Waals surface area (Å²) in [7, 11) is -3.31. The number of hydrogen-bond acceptors (Lipinski definition) is 3. The second kappa shape index (κ2) is 9.53. The first-order valence-electron chi connectivity index (χ1n) is 11.0. The third kappa shape index (κ3) is 6.17. The maximum Gasteiger partial charge on any atom is 0.251 e. The van der Waals surface area contributed by atoms with Gasteiger partial charge in [-0.3, -0.25) is 4.79 Å². The molecular weight excluding hydrogens is 408 g/mol. The number of nitrogens with zero attached hydrogens (tertiary/aromatic N) is 1. The van der Waals surface area contributed by atoms with Gasteiger partial charge in [0.25, 0.3) is 5.91 Å². The van der Waals surface area contributed by atoms with Crippen molar-refractivity contribution in [3.63, 3.8) is 0 Å². The van der Waals surface area contributed by atoms with Crippen molar-refractivity contribution in [3.05, 3.63) is 70.8 Å². The number of rotatable bonds is 6. The number of amides is 1. The van der Waals surface area contributed by atoms with E-state index in [9.17, 15) is 13.2 Å². The predicted octanol–water partition coefficient (Wildman–Crippen LogP) is 4.79. The van der Waals surface area contributed by atoms with Gasteiger partial charge in [-0.15, -0.1) is 0 Å². The highest BCUT2D eigenvalue weighted by Crippen LogP contribution is 2.24. The summed E-state index contributed by atoms with van der Waals surface area (Å²) < 4.78 is 26.8. The fourth-order valence-corrected chi connectivity index (χ4v) is 5.44. The number of hydrogen-bond donors (Lipinski definition) is 1. The number of piperidine rings is 1. The molecule has 0 radical (unpaired) electrons. The third-order valence-corrected chi connectivity index (χ3v) is 7.75. The van der Waals surface area contributed by atoms with E-state index in [1.165, 1.54) is 5.56 Å². The average molecular weight is 443 g/mol. The van der Waals surface area contributed by atoms with E-state index in [0.717, 1.165) is 24.8 Å². The molecule has 1 aliphatic rings. The van der Waals surface area contributed by atoms with Crippen LogP contribution in [0.15, 0.2) is 48.5 Å². The van der Waals surface area contributed by atoms with E-state index in [1.54, 1.807) is 28.6 Å². The van der Waals surface area contributed by atoms with Crippen molar-refractivity contribution in [2.24, 2.45) is 0 Å². The van der Waals surface area contributed by atoms with Crippen LogP contribution in [-0.4, -0.2) is 31.7 Å². The summed E-state index contributed by atoms with van der Waals surface area (Å²) in [6.45, 7) is 9.70. The Morgan fingerprint density at radius 2 is 1.55 bits per heavy atom. The lowest BCUT2D eigenvalue weighted by molar-refractivity contribution is 0.0940. The van der Waals surface area contributed by atoms with Crippen LogP contribution in [0.4, 0.5) is 0 Å². The molecule has 168 valence electrons. The number of benzene rings is 2. The quantitative estimate of drug-likeness (QED) is 0.699. The molecule has 2 aromatic rings. The van der Waals surface area contributed by atoms with Crippen LogP contribution in [0.25, 0.3) is 0 Å². The molecular formula is C25H34N2O3S. The largest absolute Gasteiger partial charge is 0.346 e. The molecule has 5 nitrogen and oxygen atoms in total. The lowest BCUT2D eigenvalue weighted by atomic mass is 9.86. The van der Waals surface area contributed by atoms with Crippen molar-refractivity contribution in [1.29, 1.82) is 0 Å². The van der Waals surface area contributed by atoms with Crippen molar-refractivity contribution < 1.29 is 13.2 Å². The van der Waals surface area contributed by atoms with Gasteiger partial charge in [0.2, 0.25) is 10.0 Å². The maximum atomic E-state index is 12.7. The summed E-state index contributed by atoms with van der Waals surface area (Å²) in [6.07, 6.45) is 2.94. The summed E-state index contributed by atoms with van der Waals surface area (Å²) in [5.41, 5.74) is 3.62. The average Bonchev–Trinajstić information content (AvgIpc) is 2.74. The molecule has 0 bridgehead atoms. The molecule has 1 fully saturated rings. The first-order chi connectivity index (χ1) is 14.6. The smallest absolute Gasteiger partial charge is 0.251 e. The van der Waals surface area contributed by atoms with Gasteiger partial charge in [0, 0.05) is 18.7 Å². The van der Waals surface area contributed by atoms with Crippen LogP contribution in [0.1, 0.15) is 80.0 Å². The number of carbonyl (C=O) groups excluding carboxylic acids is 1. The van der Waals surface area contributed by atoms with Crippen LogP contribution in [0, 0.1) is 0 Å². The monoisotopic (exact) mass is 442 g/mol. The normalized spacial score (nSPS) is 16.6. The molecule has 0 saturated carbocycles. The van der Waals surface area contributed by atoms with Crippen LogP contribution in [0.2, 0.25) is 0 Å². The molecule has 1 N–H and O–H groups in total. The molecule has 0 aromatic heterocycles. The Bertz CT molecular complexity index is 985. The van der Waals surface area contributed by atoms with Crippen LogP contribution in [0.5, 0.6) is 0 Å². The van der Waals surface area contributed by atoms with Crippen molar-refractivity contribution in [1.82, 2.24) is 9.62 Å². The minimum Gasteiger partial charge on any atom is -0.346 e. The molecule has 3 rings (SSSR count). The van der Waals surface area contributed by atoms with Gasteiger partial charge in [-0.25, -0.2) is 12.7 Å². The Labute approximate surface area is 186 Å². The van der Waals surface area contributed by atoms with E-state index >= 15 is 0 Å². The number of carbonyl (C=O) groups is 1. The Morgan fingerprint density at radius 1 is 0.968 bits per heavy atom. The van der Waals surface area contributed by atoms with Crippen molar-refractivity contribution >= 4 is 15.9 Å². The lowest BCUT2D eigenvalue weighted by Gasteiger charge is -2.25. The summed E-state index contributed by atoms with van der Waals surface area (Å²) in [6, 6.07) is 15.1. The van der Waals surface area contributed by atoms with Gasteiger partial charge in [0.1, 0.15) is 0 Å². The van der Waals surface area contributed by atoms with E-state index in [2.05, 4.69) is 50.4 Å². The molecule has 6 heteroatoms. The second-order valence-corrected chi connectivity index (χ2v) is 11.4. The standard InChI is InChI=1S/C25H34N2O3S/c1-19(21-12-14-23(15-13-21)25(2,3)4)26-24(28)22-10-8-20(9-11-22)18-31(29,30)27-16-6-5-7-17-27/h8-15,19H,5-7,16-18H2,1-4H3,(H,26,28)/t19-/m0/s1. The molecule has 0 spiro atoms. The van der Waals surface area contributed by atoms with Crippen LogP contribution >= 0.6 is 0 Å². The van der Waals surface area contributed by atoms with Crippen LogP contribution in [-0.2, 0) is 21.2 Å². The first-order valence-corrected chi connectivity index (χ1v) is 12.7. The minimum absolute atomic E-state index is 0.0224. The van der Waals surface area contributed by atoms with Gasteiger partial charge in [-0.2, -0.15) is 0 Å². The highest BCUT2D eigenvalue weighted by molar-refractivity contribution is 7.88. The zero-order chi connectivity index (χ0) is 22.6. The molecule has 1 heterocycles. The molecule has 1 aliphatic heterocycles. The minimum atomic E-state index is -3.31. The second-order valence-electron chi connectivity index (χ2n) is 9.48. The number of sulfonamides is 1. The van der Waals surface area contributed by atoms with E-state index in [-0.39, 0.29) is 23.1 Å². The highest BCUT2D eigenvalue weighted by atomic mass is 32.2. The summed E-state index contributed by atoms with van der Waals surface area (Å²) >= 11 is 0. The van der Waals surface area contributed by atoms with Gasteiger partial charge in [-0.1, -0.05) is 63.6 Å². The number of nitrogens with one attached hydrogen (secondary N) is 1.